The number of halogens is 4. The molecule has 0 saturated carbocycles. The molecule has 0 aliphatic rings. The van der Waals surface area contributed by atoms with Crippen LogP contribution in [0.4, 0.5) is 0 Å². The van der Waals surface area contributed by atoms with Crippen molar-refractivity contribution in [2.45, 2.75) is 10.7 Å². The van der Waals surface area contributed by atoms with Gasteiger partial charge < -0.3 is 0 Å². The van der Waals surface area contributed by atoms with Crippen LogP contribution in [-0.4, -0.2) is 9.58 Å². The lowest BCUT2D eigenvalue weighted by Crippen LogP contribution is -2.18. The monoisotopic (exact) mass is 270 g/mol. The third-order valence-electron chi connectivity index (χ3n) is 1.69. The van der Waals surface area contributed by atoms with Crippen molar-refractivity contribution in [3.63, 3.8) is 0 Å². The zero-order valence-electron chi connectivity index (χ0n) is 7.15. The smallest absolute Gasteiger partial charge is 0.253 e. The molecule has 0 spiro atoms. The zero-order chi connectivity index (χ0) is 10.9. The van der Waals surface area contributed by atoms with Crippen molar-refractivity contribution in [1.82, 2.24) is 0 Å². The molecular formula is C9H6Cl4O. The normalized spacial score (nSPS) is 11.5. The summed E-state index contributed by atoms with van der Waals surface area (Å²) in [4.78, 5) is 11.5. The van der Waals surface area contributed by atoms with Crippen LogP contribution in [0.1, 0.15) is 15.9 Å². The van der Waals surface area contributed by atoms with Gasteiger partial charge in [-0.3, -0.25) is 4.79 Å². The van der Waals surface area contributed by atoms with Crippen molar-refractivity contribution in [2.75, 3.05) is 0 Å². The Bertz CT molecular complexity index is 368. The molecule has 0 N–H and O–H groups in total. The van der Waals surface area contributed by atoms with Gasteiger partial charge in [-0.15, -0.1) is 0 Å². The van der Waals surface area contributed by atoms with E-state index in [1.54, 1.807) is 12.1 Å². The van der Waals surface area contributed by atoms with Gasteiger partial charge in [-0.05, 0) is 18.6 Å². The van der Waals surface area contributed by atoms with E-state index in [0.29, 0.717) is 10.6 Å². The van der Waals surface area contributed by atoms with Gasteiger partial charge in [0.2, 0.25) is 5.78 Å². The molecule has 0 saturated heterocycles. The van der Waals surface area contributed by atoms with Gasteiger partial charge >= 0.3 is 0 Å². The summed E-state index contributed by atoms with van der Waals surface area (Å²) >= 11 is 22.2. The number of hydrogen-bond donors (Lipinski definition) is 0. The maximum Gasteiger partial charge on any atom is 0.253 e. The SMILES string of the molecule is Cc1ccc(C(=O)C(Cl)(Cl)Cl)cc1Cl. The van der Waals surface area contributed by atoms with E-state index in [9.17, 15) is 4.79 Å². The molecule has 0 fully saturated rings. The Morgan fingerprint density at radius 2 is 1.86 bits per heavy atom. The Hall–Kier alpha value is 0.0500. The molecule has 14 heavy (non-hydrogen) atoms. The summed E-state index contributed by atoms with van der Waals surface area (Å²) in [6, 6.07) is 4.76. The van der Waals surface area contributed by atoms with Crippen LogP contribution in [0.15, 0.2) is 18.2 Å². The largest absolute Gasteiger partial charge is 0.289 e. The van der Waals surface area contributed by atoms with E-state index in [2.05, 4.69) is 0 Å². The maximum absolute atomic E-state index is 11.5. The molecule has 76 valence electrons. The number of ketones is 1. The number of benzene rings is 1. The first-order valence-corrected chi connectivity index (χ1v) is 5.21. The molecule has 1 aromatic carbocycles. The lowest BCUT2D eigenvalue weighted by atomic mass is 10.1. The molecule has 0 aliphatic heterocycles. The average molecular weight is 272 g/mol. The number of Topliss-reactive ketones (excluding diaryl/α,β-unsaturated/α-hetero) is 1. The van der Waals surface area contributed by atoms with Crippen LogP contribution in [0, 0.1) is 6.92 Å². The molecule has 1 nitrogen and oxygen atoms in total. The lowest BCUT2D eigenvalue weighted by molar-refractivity contribution is 0.0996. The molecule has 0 bridgehead atoms. The number of alkyl halides is 3. The summed E-state index contributed by atoms with van der Waals surface area (Å²) in [7, 11) is 0. The Morgan fingerprint density at radius 3 is 2.29 bits per heavy atom. The van der Waals surface area contributed by atoms with E-state index in [4.69, 9.17) is 46.4 Å². The van der Waals surface area contributed by atoms with Crippen LogP contribution >= 0.6 is 46.4 Å². The first-order valence-electron chi connectivity index (χ1n) is 3.70. The minimum atomic E-state index is -1.93. The number of carbonyl (C=O) groups excluding carboxylic acids is 1. The highest BCUT2D eigenvalue weighted by molar-refractivity contribution is 6.77. The average Bonchev–Trinajstić information content (AvgIpc) is 2.07. The summed E-state index contributed by atoms with van der Waals surface area (Å²) in [5.74, 6) is -0.579. The van der Waals surface area contributed by atoms with E-state index in [0.717, 1.165) is 5.56 Å². The molecule has 1 aromatic rings. The Morgan fingerprint density at radius 1 is 1.29 bits per heavy atom. The van der Waals surface area contributed by atoms with E-state index in [1.807, 2.05) is 6.92 Å². The summed E-state index contributed by atoms with van der Waals surface area (Å²) in [5, 5.41) is 0.477. The first-order chi connectivity index (χ1) is 6.32. The Kier molecular flexibility index (Phi) is 3.70. The van der Waals surface area contributed by atoms with Crippen molar-refractivity contribution in [2.24, 2.45) is 0 Å². The lowest BCUT2D eigenvalue weighted by Gasteiger charge is -2.09. The summed E-state index contributed by atoms with van der Waals surface area (Å²) in [6.45, 7) is 1.83. The molecule has 0 amide bonds. The van der Waals surface area contributed by atoms with Gasteiger partial charge in [0.15, 0.2) is 0 Å². The molecule has 0 aliphatic carbocycles. The Labute approximate surface area is 102 Å². The fourth-order valence-electron chi connectivity index (χ4n) is 0.898. The number of carbonyl (C=O) groups is 1. The van der Waals surface area contributed by atoms with Crippen molar-refractivity contribution in [1.29, 1.82) is 0 Å². The molecular weight excluding hydrogens is 266 g/mol. The van der Waals surface area contributed by atoms with E-state index in [-0.39, 0.29) is 0 Å². The summed E-state index contributed by atoms with van der Waals surface area (Å²) in [6.07, 6.45) is 0. The van der Waals surface area contributed by atoms with Gasteiger partial charge in [0, 0.05) is 10.6 Å². The quantitative estimate of drug-likeness (QED) is 0.553. The second-order valence-electron chi connectivity index (χ2n) is 2.79. The minimum absolute atomic E-state index is 0.292. The fraction of sp³-hybridized carbons (Fsp3) is 0.222. The van der Waals surface area contributed by atoms with Crippen molar-refractivity contribution in [3.05, 3.63) is 34.3 Å². The predicted molar refractivity (Wildman–Crippen MR) is 60.8 cm³/mol. The van der Waals surface area contributed by atoms with Gasteiger partial charge in [0.25, 0.3) is 3.79 Å². The maximum atomic E-state index is 11.5. The van der Waals surface area contributed by atoms with Gasteiger partial charge in [-0.2, -0.15) is 0 Å². The van der Waals surface area contributed by atoms with Gasteiger partial charge in [-0.25, -0.2) is 0 Å². The molecule has 0 aromatic heterocycles. The topological polar surface area (TPSA) is 17.1 Å². The third-order valence-corrected chi connectivity index (χ3v) is 2.61. The second-order valence-corrected chi connectivity index (χ2v) is 5.48. The Balaban J connectivity index is 3.10. The number of hydrogen-bond acceptors (Lipinski definition) is 1. The molecule has 0 heterocycles. The highest BCUT2D eigenvalue weighted by atomic mass is 35.6. The molecule has 0 radical (unpaired) electrons. The van der Waals surface area contributed by atoms with Crippen LogP contribution in [-0.2, 0) is 0 Å². The van der Waals surface area contributed by atoms with Crippen LogP contribution in [0.5, 0.6) is 0 Å². The fourth-order valence-corrected chi connectivity index (χ4v) is 1.41. The van der Waals surface area contributed by atoms with Gasteiger partial charge in [0.1, 0.15) is 0 Å². The molecule has 1 rings (SSSR count). The highest BCUT2D eigenvalue weighted by Crippen LogP contribution is 2.31. The van der Waals surface area contributed by atoms with Gasteiger partial charge in [0.05, 0.1) is 0 Å². The predicted octanol–water partition coefficient (Wildman–Crippen LogP) is 4.20. The minimum Gasteiger partial charge on any atom is -0.289 e. The first kappa shape index (κ1) is 12.1. The van der Waals surface area contributed by atoms with Crippen molar-refractivity contribution in [3.8, 4) is 0 Å². The van der Waals surface area contributed by atoms with E-state index >= 15 is 0 Å². The van der Waals surface area contributed by atoms with E-state index < -0.39 is 9.58 Å². The van der Waals surface area contributed by atoms with Crippen LogP contribution in [0.3, 0.4) is 0 Å². The highest BCUT2D eigenvalue weighted by Gasteiger charge is 2.31. The molecule has 0 unspecified atom stereocenters. The summed E-state index contributed by atoms with van der Waals surface area (Å²) in [5.41, 5.74) is 1.16. The van der Waals surface area contributed by atoms with E-state index in [1.165, 1.54) is 6.07 Å². The van der Waals surface area contributed by atoms with Crippen LogP contribution in [0.2, 0.25) is 5.02 Å². The molecule has 0 atom stereocenters. The van der Waals surface area contributed by atoms with Gasteiger partial charge in [-0.1, -0.05) is 58.5 Å². The van der Waals surface area contributed by atoms with Crippen LogP contribution in [0.25, 0.3) is 0 Å². The number of aryl methyl sites for hydroxylation is 1. The zero-order valence-corrected chi connectivity index (χ0v) is 10.2. The standard InChI is InChI=1S/C9H6Cl4O/c1-5-2-3-6(4-7(5)10)8(14)9(11,12)13/h2-4H,1H3. The summed E-state index contributed by atoms with van der Waals surface area (Å²) < 4.78 is -1.93. The van der Waals surface area contributed by atoms with Crippen molar-refractivity contribution < 1.29 is 4.79 Å². The van der Waals surface area contributed by atoms with Crippen molar-refractivity contribution >= 4 is 52.2 Å². The van der Waals surface area contributed by atoms with Crippen LogP contribution < -0.4 is 0 Å². The number of rotatable bonds is 1. The molecule has 5 heteroatoms. The second kappa shape index (κ2) is 4.28. The third kappa shape index (κ3) is 2.77.